The fraction of sp³-hybridized carbons (Fsp3) is 0.867. The van der Waals surface area contributed by atoms with Gasteiger partial charge in [0.05, 0.1) is 11.2 Å². The Hall–Kier alpha value is -0.990. The van der Waals surface area contributed by atoms with Crippen molar-refractivity contribution in [1.29, 1.82) is 0 Å². The highest BCUT2D eigenvalue weighted by Crippen LogP contribution is 2.64. The summed E-state index contributed by atoms with van der Waals surface area (Å²) in [4.78, 5) is 22.0. The molecule has 0 radical (unpaired) electrons. The first-order chi connectivity index (χ1) is 10.5. The van der Waals surface area contributed by atoms with Crippen LogP contribution in [0.15, 0.2) is 0 Å². The molecule has 3 atom stereocenters. The summed E-state index contributed by atoms with van der Waals surface area (Å²) in [7, 11) is -4.08. The highest BCUT2D eigenvalue weighted by molar-refractivity contribution is 7.85. The molecule has 2 bridgehead atoms. The zero-order valence-electron chi connectivity index (χ0n) is 13.5. The maximum atomic E-state index is 11.9. The van der Waals surface area contributed by atoms with E-state index in [2.05, 4.69) is 5.32 Å². The zero-order chi connectivity index (χ0) is 17.5. The van der Waals surface area contributed by atoms with Crippen LogP contribution in [-0.2, 0) is 19.7 Å². The summed E-state index contributed by atoms with van der Waals surface area (Å²) < 4.78 is 31.0. The summed E-state index contributed by atoms with van der Waals surface area (Å²) in [5, 5.41) is 11.2. The minimum Gasteiger partial charge on any atom is -0.480 e. The molecular formula is C15H25NO6S. The van der Waals surface area contributed by atoms with Crippen LogP contribution in [0, 0.1) is 16.7 Å². The van der Waals surface area contributed by atoms with Crippen molar-refractivity contribution in [3.63, 3.8) is 0 Å². The molecule has 3 aliphatic rings. The summed E-state index contributed by atoms with van der Waals surface area (Å²) in [5.74, 6) is -0.821. The fourth-order valence-corrected chi connectivity index (χ4v) is 5.61. The topological polar surface area (TPSA) is 121 Å². The summed E-state index contributed by atoms with van der Waals surface area (Å²) in [6.07, 6.45) is 3.76. The lowest BCUT2D eigenvalue weighted by Gasteiger charge is -2.35. The maximum Gasteiger partial charge on any atom is 0.320 e. The molecule has 3 N–H and O–H groups in total. The molecule has 8 heteroatoms. The molecule has 0 aromatic rings. The second kappa shape index (κ2) is 6.14. The number of rotatable bonds is 3. The maximum absolute atomic E-state index is 11.9. The number of ketones is 1. The van der Waals surface area contributed by atoms with Crippen LogP contribution in [0.5, 0.6) is 0 Å². The summed E-state index contributed by atoms with van der Waals surface area (Å²) >= 11 is 0. The quantitative estimate of drug-likeness (QED) is 0.653. The van der Waals surface area contributed by atoms with E-state index >= 15 is 0 Å². The molecule has 0 aromatic carbocycles. The Morgan fingerprint density at radius 2 is 2.00 bits per heavy atom. The SMILES string of the molecule is CC1(C)C2CCC1(CS(=O)(=O)O)C(=O)C2.O=C(O)[C@@H]1CCCN1. The highest BCUT2D eigenvalue weighted by Gasteiger charge is 2.65. The number of carbonyl (C=O) groups is 2. The first-order valence-corrected chi connectivity index (χ1v) is 9.55. The van der Waals surface area contributed by atoms with Crippen LogP contribution in [0.2, 0.25) is 0 Å². The summed E-state index contributed by atoms with van der Waals surface area (Å²) in [6, 6.07) is -0.269. The number of Topliss-reactive ketones (excluding diaryl/α,β-unsaturated/α-hetero) is 1. The van der Waals surface area contributed by atoms with Crippen molar-refractivity contribution in [3.8, 4) is 0 Å². The van der Waals surface area contributed by atoms with Crippen LogP contribution < -0.4 is 5.32 Å². The van der Waals surface area contributed by atoms with Crippen LogP contribution in [-0.4, -0.2) is 48.2 Å². The Kier molecular flexibility index (Phi) is 4.90. The fourth-order valence-electron chi connectivity index (χ4n) is 4.31. The molecule has 1 saturated heterocycles. The molecule has 132 valence electrons. The van der Waals surface area contributed by atoms with Gasteiger partial charge in [0, 0.05) is 6.42 Å². The van der Waals surface area contributed by atoms with Crippen molar-refractivity contribution in [1.82, 2.24) is 5.32 Å². The van der Waals surface area contributed by atoms with Crippen molar-refractivity contribution in [2.24, 2.45) is 16.7 Å². The van der Waals surface area contributed by atoms with Crippen molar-refractivity contribution in [3.05, 3.63) is 0 Å². The monoisotopic (exact) mass is 347 g/mol. The van der Waals surface area contributed by atoms with E-state index in [-0.39, 0.29) is 23.2 Å². The molecule has 0 aromatic heterocycles. The first-order valence-electron chi connectivity index (χ1n) is 7.94. The molecule has 3 rings (SSSR count). The lowest BCUT2D eigenvalue weighted by atomic mass is 9.70. The normalized spacial score (nSPS) is 35.0. The van der Waals surface area contributed by atoms with Gasteiger partial charge in [0.15, 0.2) is 0 Å². The van der Waals surface area contributed by atoms with Gasteiger partial charge in [0.2, 0.25) is 0 Å². The van der Waals surface area contributed by atoms with Gasteiger partial charge in [-0.1, -0.05) is 13.8 Å². The number of carboxylic acids is 1. The molecule has 1 aliphatic heterocycles. The minimum atomic E-state index is -4.08. The average Bonchev–Trinajstić information content (AvgIpc) is 3.04. The third-order valence-corrected chi connectivity index (χ3v) is 6.78. The van der Waals surface area contributed by atoms with Gasteiger partial charge in [-0.15, -0.1) is 0 Å². The van der Waals surface area contributed by atoms with E-state index in [9.17, 15) is 18.0 Å². The number of fused-ring (bicyclic) bond motifs is 2. The minimum absolute atomic E-state index is 0.0152. The molecule has 2 unspecified atom stereocenters. The predicted molar refractivity (Wildman–Crippen MR) is 83.6 cm³/mol. The molecular weight excluding hydrogens is 322 g/mol. The van der Waals surface area contributed by atoms with E-state index in [1.807, 2.05) is 13.8 Å². The Morgan fingerprint density at radius 3 is 2.30 bits per heavy atom. The lowest BCUT2D eigenvalue weighted by Crippen LogP contribution is -2.42. The summed E-state index contributed by atoms with van der Waals surface area (Å²) in [5.41, 5.74) is -1.12. The van der Waals surface area contributed by atoms with Crippen molar-refractivity contribution in [2.75, 3.05) is 12.3 Å². The van der Waals surface area contributed by atoms with E-state index in [0.717, 1.165) is 25.8 Å². The Labute approximate surface area is 136 Å². The second-order valence-corrected chi connectivity index (χ2v) is 8.83. The van der Waals surface area contributed by atoms with Crippen LogP contribution in [0.4, 0.5) is 0 Å². The summed E-state index contributed by atoms with van der Waals surface area (Å²) in [6.45, 7) is 4.75. The van der Waals surface area contributed by atoms with Gasteiger partial charge in [-0.25, -0.2) is 0 Å². The Balaban J connectivity index is 0.000000203. The third kappa shape index (κ3) is 3.44. The van der Waals surface area contributed by atoms with Crippen molar-refractivity contribution in [2.45, 2.75) is 52.0 Å². The Morgan fingerprint density at radius 1 is 1.35 bits per heavy atom. The van der Waals surface area contributed by atoms with Gasteiger partial charge < -0.3 is 10.4 Å². The number of carboxylic acid groups (broad SMARTS) is 1. The number of carbonyl (C=O) groups excluding carboxylic acids is 1. The predicted octanol–water partition coefficient (Wildman–Crippen LogP) is 1.09. The molecule has 2 saturated carbocycles. The van der Waals surface area contributed by atoms with E-state index in [4.69, 9.17) is 9.66 Å². The number of hydrogen-bond acceptors (Lipinski definition) is 5. The number of hydrogen-bond donors (Lipinski definition) is 3. The first kappa shape index (κ1) is 18.4. The molecule has 1 heterocycles. The second-order valence-electron chi connectivity index (χ2n) is 7.38. The molecule has 23 heavy (non-hydrogen) atoms. The van der Waals surface area contributed by atoms with E-state index in [0.29, 0.717) is 12.8 Å². The lowest BCUT2D eigenvalue weighted by molar-refractivity contribution is -0.139. The molecule has 0 amide bonds. The van der Waals surface area contributed by atoms with Gasteiger partial charge >= 0.3 is 5.97 Å². The van der Waals surface area contributed by atoms with E-state index in [1.54, 1.807) is 0 Å². The largest absolute Gasteiger partial charge is 0.480 e. The third-order valence-electron chi connectivity index (χ3n) is 5.93. The zero-order valence-corrected chi connectivity index (χ0v) is 14.4. The van der Waals surface area contributed by atoms with Crippen LogP contribution >= 0.6 is 0 Å². The smallest absolute Gasteiger partial charge is 0.320 e. The molecule has 2 aliphatic carbocycles. The van der Waals surface area contributed by atoms with Gasteiger partial charge in [0.1, 0.15) is 11.8 Å². The molecule has 3 fully saturated rings. The average molecular weight is 347 g/mol. The van der Waals surface area contributed by atoms with Gasteiger partial charge in [-0.3, -0.25) is 14.1 Å². The van der Waals surface area contributed by atoms with Crippen molar-refractivity contribution < 1.29 is 27.7 Å². The highest BCUT2D eigenvalue weighted by atomic mass is 32.2. The van der Waals surface area contributed by atoms with Gasteiger partial charge in [0.25, 0.3) is 10.1 Å². The standard InChI is InChI=1S/C10H16O4S.C5H9NO2/c1-9(2)7-3-4-10(9,8(11)5-7)6-15(12,13)14;7-5(8)4-2-1-3-6-4/h7H,3-6H2,1-2H3,(H,12,13,14);4,6H,1-3H2,(H,7,8)/t;4-/m.0/s1. The van der Waals surface area contributed by atoms with E-state index < -0.39 is 27.3 Å². The van der Waals surface area contributed by atoms with Crippen molar-refractivity contribution >= 4 is 21.9 Å². The van der Waals surface area contributed by atoms with Gasteiger partial charge in [-0.2, -0.15) is 8.42 Å². The van der Waals surface area contributed by atoms with Crippen LogP contribution in [0.3, 0.4) is 0 Å². The number of nitrogens with one attached hydrogen (secondary N) is 1. The number of aliphatic carboxylic acids is 1. The van der Waals surface area contributed by atoms with Crippen LogP contribution in [0.25, 0.3) is 0 Å². The van der Waals surface area contributed by atoms with Gasteiger partial charge in [-0.05, 0) is 43.6 Å². The molecule has 0 spiro atoms. The van der Waals surface area contributed by atoms with Crippen LogP contribution in [0.1, 0.15) is 46.0 Å². The molecule has 7 nitrogen and oxygen atoms in total. The van der Waals surface area contributed by atoms with E-state index in [1.165, 1.54) is 0 Å². The Bertz CT molecular complexity index is 593.